The zero-order chi connectivity index (χ0) is 49.8. The Kier molecular flexibility index (Phi) is 7.36. The third-order valence-electron chi connectivity index (χ3n) is 13.7. The fourth-order valence-electron chi connectivity index (χ4n) is 10.9. The van der Waals surface area contributed by atoms with Gasteiger partial charge in [-0.1, -0.05) is 206 Å². The summed E-state index contributed by atoms with van der Waals surface area (Å²) in [6.45, 7) is 0. The number of hydrogen-bond acceptors (Lipinski definition) is 2. The van der Waals surface area contributed by atoms with Crippen molar-refractivity contribution in [2.45, 2.75) is 10.8 Å². The highest BCUT2D eigenvalue weighted by atomic mass is 32.1. The standard InChI is InChI=1S/C64H43NS/c1-5-17-47(18-6-1)63(48-19-7-2-8-20-48)58-27-15-13-25-54(58)56-37-35-52(42-60(56)63)65(51-33-31-44(32-34-51)46-30-29-45-39-40-66-62(45)41-46)53-36-38-57-55-26-14-16-28-59(55)64(61(57)43-53,49-21-9-3-10-22-49)50-23-11-4-12-24-50/h1-43H/i13D,15D,25D,27D,35D,37D,42D. The molecule has 0 spiro atoms. The van der Waals surface area contributed by atoms with Gasteiger partial charge >= 0.3 is 0 Å². The fraction of sp³-hybridized carbons (Fsp3) is 0.0312. The summed E-state index contributed by atoms with van der Waals surface area (Å²) < 4.78 is 69.8. The number of thiophene rings is 1. The highest BCUT2D eigenvalue weighted by Crippen LogP contribution is 2.59. The van der Waals surface area contributed by atoms with Crippen LogP contribution in [0.5, 0.6) is 0 Å². The normalized spacial score (nSPS) is 15.2. The zero-order valence-electron chi connectivity index (χ0n) is 42.6. The van der Waals surface area contributed by atoms with Gasteiger partial charge in [0.25, 0.3) is 0 Å². The van der Waals surface area contributed by atoms with Crippen LogP contribution in [0.2, 0.25) is 0 Å². The van der Waals surface area contributed by atoms with E-state index in [2.05, 4.69) is 133 Å². The summed E-state index contributed by atoms with van der Waals surface area (Å²) in [5.41, 5.74) is 10.00. The van der Waals surface area contributed by atoms with Crippen LogP contribution in [0.15, 0.2) is 260 Å². The maximum atomic E-state index is 10.9. The van der Waals surface area contributed by atoms with E-state index in [0.29, 0.717) is 28.1 Å². The molecule has 10 aromatic carbocycles. The van der Waals surface area contributed by atoms with Gasteiger partial charge in [0.15, 0.2) is 0 Å². The fourth-order valence-corrected chi connectivity index (χ4v) is 11.7. The molecule has 0 bridgehead atoms. The third-order valence-corrected chi connectivity index (χ3v) is 14.6. The van der Waals surface area contributed by atoms with E-state index in [1.807, 2.05) is 89.8 Å². The number of anilines is 3. The van der Waals surface area contributed by atoms with E-state index in [1.165, 1.54) is 10.1 Å². The van der Waals surface area contributed by atoms with E-state index in [4.69, 9.17) is 2.74 Å². The molecule has 0 unspecified atom stereocenters. The van der Waals surface area contributed by atoms with Gasteiger partial charge in [-0.25, -0.2) is 0 Å². The first-order chi connectivity index (χ1) is 35.6. The van der Waals surface area contributed by atoms with Gasteiger partial charge in [-0.05, 0) is 137 Å². The molecule has 0 N–H and O–H groups in total. The average molecular weight is 865 g/mol. The van der Waals surface area contributed by atoms with E-state index in [9.17, 15) is 6.85 Å². The van der Waals surface area contributed by atoms with Gasteiger partial charge in [-0.3, -0.25) is 0 Å². The second kappa shape index (κ2) is 15.3. The Morgan fingerprint density at radius 2 is 0.909 bits per heavy atom. The van der Waals surface area contributed by atoms with Crippen molar-refractivity contribution in [1.29, 1.82) is 0 Å². The molecule has 66 heavy (non-hydrogen) atoms. The quantitative estimate of drug-likeness (QED) is 0.147. The Labute approximate surface area is 400 Å². The summed E-state index contributed by atoms with van der Waals surface area (Å²) in [7, 11) is 0. The van der Waals surface area contributed by atoms with Crippen molar-refractivity contribution in [1.82, 2.24) is 0 Å². The van der Waals surface area contributed by atoms with Gasteiger partial charge in [0, 0.05) is 21.8 Å². The molecule has 0 fully saturated rings. The van der Waals surface area contributed by atoms with Crippen LogP contribution in [-0.2, 0) is 10.8 Å². The van der Waals surface area contributed by atoms with E-state index < -0.39 is 22.9 Å². The van der Waals surface area contributed by atoms with Crippen LogP contribution in [0.25, 0.3) is 43.5 Å². The van der Waals surface area contributed by atoms with Gasteiger partial charge in [0.1, 0.15) is 0 Å². The molecule has 11 aromatic rings. The molecule has 13 rings (SSSR count). The summed E-state index contributed by atoms with van der Waals surface area (Å²) in [6, 6.07) is 70.0. The van der Waals surface area contributed by atoms with Crippen molar-refractivity contribution in [3.05, 3.63) is 305 Å². The number of nitrogens with zero attached hydrogens (tertiary/aromatic N) is 1. The molecule has 0 amide bonds. The highest BCUT2D eigenvalue weighted by Gasteiger charge is 2.48. The van der Waals surface area contributed by atoms with E-state index in [-0.39, 0.29) is 52.6 Å². The lowest BCUT2D eigenvalue weighted by molar-refractivity contribution is 0.767. The molecule has 1 heterocycles. The summed E-state index contributed by atoms with van der Waals surface area (Å²) >= 11 is 1.70. The Morgan fingerprint density at radius 1 is 0.364 bits per heavy atom. The topological polar surface area (TPSA) is 3.24 Å². The van der Waals surface area contributed by atoms with Gasteiger partial charge in [0.2, 0.25) is 0 Å². The molecule has 0 saturated heterocycles. The maximum Gasteiger partial charge on any atom is 0.0714 e. The molecule has 1 nitrogen and oxygen atoms in total. The molecule has 2 heteroatoms. The van der Waals surface area contributed by atoms with Crippen molar-refractivity contribution in [3.8, 4) is 33.4 Å². The van der Waals surface area contributed by atoms with Crippen LogP contribution in [0.1, 0.15) is 54.1 Å². The van der Waals surface area contributed by atoms with Crippen LogP contribution < -0.4 is 4.90 Å². The lowest BCUT2D eigenvalue weighted by Crippen LogP contribution is -2.29. The molecule has 2 aliphatic carbocycles. The van der Waals surface area contributed by atoms with Gasteiger partial charge < -0.3 is 4.90 Å². The first kappa shape index (κ1) is 31.7. The molecule has 1 aromatic heterocycles. The van der Waals surface area contributed by atoms with Crippen LogP contribution in [0.3, 0.4) is 0 Å². The van der Waals surface area contributed by atoms with Crippen LogP contribution in [-0.4, -0.2) is 0 Å². The zero-order valence-corrected chi connectivity index (χ0v) is 36.5. The van der Waals surface area contributed by atoms with E-state index in [0.717, 1.165) is 44.5 Å². The largest absolute Gasteiger partial charge is 0.310 e. The Bertz CT molecular complexity index is 3910. The van der Waals surface area contributed by atoms with E-state index in [1.54, 1.807) is 11.3 Å². The molecule has 2 aliphatic rings. The van der Waals surface area contributed by atoms with Crippen molar-refractivity contribution in [3.63, 3.8) is 0 Å². The minimum absolute atomic E-state index is 0.0647. The van der Waals surface area contributed by atoms with Crippen molar-refractivity contribution >= 4 is 38.5 Å². The number of rotatable bonds is 8. The lowest BCUT2D eigenvalue weighted by Gasteiger charge is -2.36. The van der Waals surface area contributed by atoms with Gasteiger partial charge in [-0.2, -0.15) is 0 Å². The molecular weight excluding hydrogens is 815 g/mol. The van der Waals surface area contributed by atoms with Crippen molar-refractivity contribution < 1.29 is 9.60 Å². The molecular formula is C64H43NS. The minimum Gasteiger partial charge on any atom is -0.310 e. The smallest absolute Gasteiger partial charge is 0.0714 e. The summed E-state index contributed by atoms with van der Waals surface area (Å²) in [5.74, 6) is 0. The predicted molar refractivity (Wildman–Crippen MR) is 277 cm³/mol. The summed E-state index contributed by atoms with van der Waals surface area (Å²) in [6.07, 6.45) is 0. The molecule has 0 atom stereocenters. The van der Waals surface area contributed by atoms with Gasteiger partial charge in [0.05, 0.1) is 20.4 Å². The first-order valence-electron chi connectivity index (χ1n) is 25.8. The first-order valence-corrected chi connectivity index (χ1v) is 23.1. The lowest BCUT2D eigenvalue weighted by atomic mass is 9.67. The Hall–Kier alpha value is -8.04. The SMILES string of the molecule is [2H]c1c([2H])c([2H])c2c(c1[2H])-c1c([2H])c([2H])c(N(c3ccc(-c4ccc5ccsc5c4)cc3)c3ccc4c(c3)C(c3ccccc3)(c3ccccc3)c3ccccc3-4)c([2H])c1C2(c1ccccc1)c1ccccc1. The summed E-state index contributed by atoms with van der Waals surface area (Å²) in [4.78, 5) is 1.94. The van der Waals surface area contributed by atoms with Crippen molar-refractivity contribution in [2.75, 3.05) is 4.90 Å². The molecule has 310 valence electrons. The molecule has 0 aliphatic heterocycles. The minimum atomic E-state index is -1.50. The monoisotopic (exact) mass is 864 g/mol. The van der Waals surface area contributed by atoms with Crippen LogP contribution >= 0.6 is 11.3 Å². The predicted octanol–water partition coefficient (Wildman–Crippen LogP) is 16.8. The van der Waals surface area contributed by atoms with E-state index >= 15 is 0 Å². The van der Waals surface area contributed by atoms with Crippen LogP contribution in [0, 0.1) is 0 Å². The number of fused-ring (bicyclic) bond motifs is 7. The maximum absolute atomic E-state index is 10.9. The highest BCUT2D eigenvalue weighted by molar-refractivity contribution is 7.17. The Balaban J connectivity index is 1.14. The van der Waals surface area contributed by atoms with Gasteiger partial charge in [-0.15, -0.1) is 11.3 Å². The second-order valence-corrected chi connectivity index (χ2v) is 18.0. The molecule has 0 radical (unpaired) electrons. The summed E-state index contributed by atoms with van der Waals surface area (Å²) in [5, 5.41) is 3.28. The number of benzene rings is 10. The average Bonchev–Trinajstić information content (AvgIpc) is 4.15. The third kappa shape index (κ3) is 5.65. The Morgan fingerprint density at radius 3 is 1.58 bits per heavy atom. The number of hydrogen-bond donors (Lipinski definition) is 0. The second-order valence-electron chi connectivity index (χ2n) is 17.0. The molecule has 0 saturated carbocycles. The van der Waals surface area contributed by atoms with Crippen molar-refractivity contribution in [2.24, 2.45) is 0 Å². The van der Waals surface area contributed by atoms with Crippen LogP contribution in [0.4, 0.5) is 17.1 Å².